The number of amides is 1. The number of hydrogen-bond donors (Lipinski definition) is 1. The fourth-order valence-electron chi connectivity index (χ4n) is 3.54. The van der Waals surface area contributed by atoms with E-state index in [1.807, 2.05) is 0 Å². The van der Waals surface area contributed by atoms with Crippen LogP contribution in [0.3, 0.4) is 0 Å². The van der Waals surface area contributed by atoms with Crippen LogP contribution in [0.1, 0.15) is 51.4 Å². The predicted molar refractivity (Wildman–Crippen MR) is 74.5 cm³/mol. The number of rotatable bonds is 3. The quantitative estimate of drug-likeness (QED) is 0.871. The predicted octanol–water partition coefficient (Wildman–Crippen LogP) is 3.09. The van der Waals surface area contributed by atoms with Gasteiger partial charge >= 0.3 is 6.18 Å². The SMILES string of the molecule is NC1CCCC(CCC(=O)N2CCC(C(F)(F)F)CC2)C1. The maximum absolute atomic E-state index is 12.6. The molecule has 2 aliphatic rings. The Labute approximate surface area is 124 Å². The minimum Gasteiger partial charge on any atom is -0.343 e. The van der Waals surface area contributed by atoms with Crippen molar-refractivity contribution >= 4 is 5.91 Å². The Morgan fingerprint density at radius 3 is 2.38 bits per heavy atom. The second kappa shape index (κ2) is 6.99. The molecule has 0 spiro atoms. The number of carbonyl (C=O) groups excluding carboxylic acids is 1. The second-order valence-electron chi connectivity index (χ2n) is 6.53. The highest BCUT2D eigenvalue weighted by atomic mass is 19.4. The number of halogens is 3. The molecular weight excluding hydrogens is 281 g/mol. The van der Waals surface area contributed by atoms with Gasteiger partial charge in [0.15, 0.2) is 0 Å². The number of alkyl halides is 3. The number of hydrogen-bond acceptors (Lipinski definition) is 2. The van der Waals surface area contributed by atoms with Crippen molar-refractivity contribution in [2.24, 2.45) is 17.6 Å². The maximum atomic E-state index is 12.6. The number of piperidine rings is 1. The Morgan fingerprint density at radius 1 is 1.14 bits per heavy atom. The fourth-order valence-corrected chi connectivity index (χ4v) is 3.54. The summed E-state index contributed by atoms with van der Waals surface area (Å²) in [6, 6.07) is 0.251. The van der Waals surface area contributed by atoms with Gasteiger partial charge in [-0.1, -0.05) is 12.8 Å². The average molecular weight is 306 g/mol. The summed E-state index contributed by atoms with van der Waals surface area (Å²) in [5.74, 6) is -0.724. The Hall–Kier alpha value is -0.780. The topological polar surface area (TPSA) is 46.3 Å². The van der Waals surface area contributed by atoms with Crippen LogP contribution >= 0.6 is 0 Å². The zero-order chi connectivity index (χ0) is 15.5. The molecule has 6 heteroatoms. The lowest BCUT2D eigenvalue weighted by molar-refractivity contribution is -0.186. The third kappa shape index (κ3) is 4.87. The van der Waals surface area contributed by atoms with Crippen molar-refractivity contribution in [3.63, 3.8) is 0 Å². The molecule has 1 saturated carbocycles. The molecule has 1 amide bonds. The molecule has 122 valence electrons. The van der Waals surface area contributed by atoms with Crippen LogP contribution in [0.25, 0.3) is 0 Å². The summed E-state index contributed by atoms with van der Waals surface area (Å²) in [7, 11) is 0. The third-order valence-corrected chi connectivity index (χ3v) is 4.90. The summed E-state index contributed by atoms with van der Waals surface area (Å²) in [5, 5.41) is 0. The number of nitrogens with two attached hydrogens (primary N) is 1. The zero-order valence-corrected chi connectivity index (χ0v) is 12.4. The first-order valence-electron chi connectivity index (χ1n) is 7.96. The van der Waals surface area contributed by atoms with Crippen molar-refractivity contribution in [2.75, 3.05) is 13.1 Å². The molecule has 0 aromatic rings. The van der Waals surface area contributed by atoms with Crippen LogP contribution in [0, 0.1) is 11.8 Å². The molecule has 21 heavy (non-hydrogen) atoms. The van der Waals surface area contributed by atoms with Gasteiger partial charge in [0.2, 0.25) is 5.91 Å². The van der Waals surface area contributed by atoms with Crippen LogP contribution in [-0.4, -0.2) is 36.1 Å². The van der Waals surface area contributed by atoms with Crippen molar-refractivity contribution in [2.45, 2.75) is 63.6 Å². The van der Waals surface area contributed by atoms with E-state index in [0.717, 1.165) is 32.1 Å². The van der Waals surface area contributed by atoms with Crippen LogP contribution in [0.4, 0.5) is 13.2 Å². The van der Waals surface area contributed by atoms with Gasteiger partial charge in [-0.25, -0.2) is 0 Å². The van der Waals surface area contributed by atoms with Crippen molar-refractivity contribution in [3.8, 4) is 0 Å². The second-order valence-corrected chi connectivity index (χ2v) is 6.53. The van der Waals surface area contributed by atoms with Gasteiger partial charge in [0.1, 0.15) is 0 Å². The van der Waals surface area contributed by atoms with Crippen molar-refractivity contribution in [3.05, 3.63) is 0 Å². The molecule has 2 unspecified atom stereocenters. The summed E-state index contributed by atoms with van der Waals surface area (Å²) < 4.78 is 37.7. The molecular formula is C15H25F3N2O. The van der Waals surface area contributed by atoms with E-state index in [4.69, 9.17) is 5.73 Å². The minimum atomic E-state index is -4.12. The summed E-state index contributed by atoms with van der Waals surface area (Å²) in [6.45, 7) is 0.486. The zero-order valence-electron chi connectivity index (χ0n) is 12.4. The molecule has 2 rings (SSSR count). The van der Waals surface area contributed by atoms with E-state index in [9.17, 15) is 18.0 Å². The van der Waals surface area contributed by atoms with E-state index < -0.39 is 12.1 Å². The van der Waals surface area contributed by atoms with Crippen LogP contribution in [-0.2, 0) is 4.79 Å². The third-order valence-electron chi connectivity index (χ3n) is 4.90. The summed E-state index contributed by atoms with van der Waals surface area (Å²) in [4.78, 5) is 13.7. The van der Waals surface area contributed by atoms with Gasteiger partial charge < -0.3 is 10.6 Å². The van der Waals surface area contributed by atoms with Crippen LogP contribution in [0.2, 0.25) is 0 Å². The largest absolute Gasteiger partial charge is 0.391 e. The molecule has 0 bridgehead atoms. The van der Waals surface area contributed by atoms with Gasteiger partial charge in [-0.2, -0.15) is 13.2 Å². The molecule has 3 nitrogen and oxygen atoms in total. The van der Waals surface area contributed by atoms with Gasteiger partial charge in [-0.15, -0.1) is 0 Å². The molecule has 0 radical (unpaired) electrons. The van der Waals surface area contributed by atoms with Gasteiger partial charge in [0, 0.05) is 25.6 Å². The normalized spacial score (nSPS) is 28.7. The Bertz CT molecular complexity index is 351. The van der Waals surface area contributed by atoms with E-state index in [0.29, 0.717) is 12.3 Å². The molecule has 2 fully saturated rings. The molecule has 2 atom stereocenters. The van der Waals surface area contributed by atoms with Crippen molar-refractivity contribution < 1.29 is 18.0 Å². The lowest BCUT2D eigenvalue weighted by atomic mass is 9.83. The molecule has 1 heterocycles. The monoisotopic (exact) mass is 306 g/mol. The first kappa shape index (κ1) is 16.6. The molecule has 1 aliphatic carbocycles. The molecule has 1 aliphatic heterocycles. The van der Waals surface area contributed by atoms with Gasteiger partial charge in [0.05, 0.1) is 5.92 Å². The maximum Gasteiger partial charge on any atom is 0.391 e. The first-order valence-corrected chi connectivity index (χ1v) is 7.96. The Morgan fingerprint density at radius 2 is 1.81 bits per heavy atom. The van der Waals surface area contributed by atoms with Crippen LogP contribution in [0.15, 0.2) is 0 Å². The fraction of sp³-hybridized carbons (Fsp3) is 0.933. The van der Waals surface area contributed by atoms with Crippen LogP contribution in [0.5, 0.6) is 0 Å². The number of likely N-dealkylation sites (tertiary alicyclic amines) is 1. The lowest BCUT2D eigenvalue weighted by Crippen LogP contribution is -2.42. The Balaban J connectivity index is 1.70. The number of carbonyl (C=O) groups is 1. The van der Waals surface area contributed by atoms with Gasteiger partial charge in [-0.3, -0.25) is 4.79 Å². The highest BCUT2D eigenvalue weighted by molar-refractivity contribution is 5.76. The van der Waals surface area contributed by atoms with Crippen molar-refractivity contribution in [1.29, 1.82) is 0 Å². The minimum absolute atomic E-state index is 0.00905. The molecule has 1 saturated heterocycles. The van der Waals surface area contributed by atoms with Crippen LogP contribution < -0.4 is 5.73 Å². The summed E-state index contributed by atoms with van der Waals surface area (Å²) in [5.41, 5.74) is 5.93. The van der Waals surface area contributed by atoms with Gasteiger partial charge in [0.25, 0.3) is 0 Å². The van der Waals surface area contributed by atoms with Crippen molar-refractivity contribution in [1.82, 2.24) is 4.90 Å². The van der Waals surface area contributed by atoms with Gasteiger partial charge in [-0.05, 0) is 38.0 Å². The molecule has 0 aromatic heterocycles. The summed E-state index contributed by atoms with van der Waals surface area (Å²) in [6.07, 6.45) is 1.53. The highest BCUT2D eigenvalue weighted by Crippen LogP contribution is 2.34. The van der Waals surface area contributed by atoms with E-state index in [2.05, 4.69) is 0 Å². The molecule has 2 N–H and O–H groups in total. The number of nitrogens with zero attached hydrogens (tertiary/aromatic N) is 1. The highest BCUT2D eigenvalue weighted by Gasteiger charge is 2.41. The lowest BCUT2D eigenvalue weighted by Gasteiger charge is -2.33. The van der Waals surface area contributed by atoms with E-state index in [-0.39, 0.29) is 37.9 Å². The smallest absolute Gasteiger partial charge is 0.343 e. The standard InChI is InChI=1S/C15H25F3N2O/c16-15(17,18)12-6-8-20(9-7-12)14(21)5-4-11-2-1-3-13(19)10-11/h11-13H,1-10,19H2. The van der Waals surface area contributed by atoms with E-state index in [1.165, 1.54) is 0 Å². The Kier molecular flexibility index (Phi) is 5.52. The van der Waals surface area contributed by atoms with E-state index >= 15 is 0 Å². The molecule has 0 aromatic carbocycles. The first-order chi connectivity index (χ1) is 9.86. The van der Waals surface area contributed by atoms with E-state index in [1.54, 1.807) is 4.90 Å². The average Bonchev–Trinajstić information content (AvgIpc) is 2.44. The summed E-state index contributed by atoms with van der Waals surface area (Å²) >= 11 is 0.